The van der Waals surface area contributed by atoms with E-state index in [9.17, 15) is 0 Å². The number of rotatable bonds is 2. The molecule has 0 radical (unpaired) electrons. The minimum atomic E-state index is -1.82. The zero-order chi connectivity index (χ0) is 14.8. The van der Waals surface area contributed by atoms with Crippen molar-refractivity contribution < 1.29 is 24.3 Å². The number of carboxylic acid groups (broad SMARTS) is 2. The van der Waals surface area contributed by atoms with Gasteiger partial charge in [-0.15, -0.1) is 4.98 Å². The van der Waals surface area contributed by atoms with Crippen LogP contribution in [0.1, 0.15) is 19.8 Å². The van der Waals surface area contributed by atoms with Gasteiger partial charge in [-0.05, 0) is 6.42 Å². The van der Waals surface area contributed by atoms with Crippen LogP contribution < -0.4 is 4.48 Å². The third-order valence-electron chi connectivity index (χ3n) is 4.23. The predicted molar refractivity (Wildman–Crippen MR) is 67.9 cm³/mol. The smallest absolute Gasteiger partial charge is 0.427 e. The van der Waals surface area contributed by atoms with Crippen LogP contribution >= 0.6 is 0 Å². The highest BCUT2D eigenvalue weighted by Gasteiger charge is 2.54. The maximum atomic E-state index is 9.10. The highest BCUT2D eigenvalue weighted by molar-refractivity contribution is 6.27. The summed E-state index contributed by atoms with van der Waals surface area (Å²) in [6.07, 6.45) is 4.15. The van der Waals surface area contributed by atoms with Crippen molar-refractivity contribution in [1.82, 2.24) is 14.6 Å². The Hall–Kier alpha value is -1.96. The first-order valence-electron chi connectivity index (χ1n) is 6.58. The molecule has 3 atom stereocenters. The third-order valence-corrected chi connectivity index (χ3v) is 4.23. The van der Waals surface area contributed by atoms with E-state index < -0.39 is 11.9 Å². The SMILES string of the molecule is CCC1C[N+]2(c3ncno3)CCC1C2.O=C(O)C(=O)O. The number of quaternary nitrogens is 1. The van der Waals surface area contributed by atoms with Crippen molar-refractivity contribution in [3.63, 3.8) is 0 Å². The maximum absolute atomic E-state index is 9.10. The molecule has 0 aromatic carbocycles. The topological polar surface area (TPSA) is 114 Å². The Balaban J connectivity index is 0.000000212. The average Bonchev–Trinajstić information content (AvgIpc) is 3.14. The normalized spacial score (nSPS) is 30.6. The molecule has 2 aliphatic rings. The van der Waals surface area contributed by atoms with Gasteiger partial charge >= 0.3 is 18.0 Å². The number of aromatic nitrogens is 2. The van der Waals surface area contributed by atoms with Crippen LogP contribution in [0.5, 0.6) is 0 Å². The first kappa shape index (κ1) is 14.4. The van der Waals surface area contributed by atoms with Crippen LogP contribution in [0.4, 0.5) is 6.01 Å². The van der Waals surface area contributed by atoms with E-state index in [1.54, 1.807) is 0 Å². The summed E-state index contributed by atoms with van der Waals surface area (Å²) >= 11 is 0. The molecular weight excluding hydrogens is 266 g/mol. The number of aliphatic carboxylic acids is 2. The quantitative estimate of drug-likeness (QED) is 0.603. The van der Waals surface area contributed by atoms with Gasteiger partial charge in [0.2, 0.25) is 0 Å². The van der Waals surface area contributed by atoms with Gasteiger partial charge in [0, 0.05) is 18.3 Å². The van der Waals surface area contributed by atoms with E-state index >= 15 is 0 Å². The summed E-state index contributed by atoms with van der Waals surface area (Å²) < 4.78 is 6.20. The lowest BCUT2D eigenvalue weighted by atomic mass is 9.90. The molecule has 1 aromatic rings. The summed E-state index contributed by atoms with van der Waals surface area (Å²) in [5.74, 6) is -1.88. The van der Waals surface area contributed by atoms with Crippen LogP contribution in [0, 0.1) is 11.8 Å². The number of hydrogen-bond donors (Lipinski definition) is 2. The zero-order valence-electron chi connectivity index (χ0n) is 11.2. The molecule has 110 valence electrons. The van der Waals surface area contributed by atoms with Gasteiger partial charge in [-0.1, -0.05) is 12.1 Å². The molecule has 0 saturated carbocycles. The third kappa shape index (κ3) is 2.64. The Morgan fingerprint density at radius 3 is 2.55 bits per heavy atom. The molecule has 8 heteroatoms. The molecule has 2 saturated heterocycles. The predicted octanol–water partition coefficient (Wildman–Crippen LogP) is 0.592. The van der Waals surface area contributed by atoms with E-state index in [1.165, 1.54) is 38.8 Å². The Bertz CT molecular complexity index is 477. The van der Waals surface area contributed by atoms with Crippen LogP contribution in [-0.4, -0.2) is 51.9 Å². The lowest BCUT2D eigenvalue weighted by molar-refractivity contribution is -0.159. The Labute approximate surface area is 115 Å². The molecule has 2 aliphatic heterocycles. The first-order chi connectivity index (χ1) is 9.48. The average molecular weight is 284 g/mol. The second-order valence-corrected chi connectivity index (χ2v) is 5.29. The molecule has 0 amide bonds. The highest BCUT2D eigenvalue weighted by atomic mass is 16.5. The van der Waals surface area contributed by atoms with Crippen molar-refractivity contribution in [3.05, 3.63) is 6.33 Å². The Morgan fingerprint density at radius 2 is 2.10 bits per heavy atom. The molecule has 0 spiro atoms. The number of piperidine rings is 1. The van der Waals surface area contributed by atoms with E-state index in [0.29, 0.717) is 0 Å². The fourth-order valence-electron chi connectivity index (χ4n) is 3.28. The van der Waals surface area contributed by atoms with Gasteiger partial charge in [0.15, 0.2) is 6.33 Å². The maximum Gasteiger partial charge on any atom is 0.427 e. The summed E-state index contributed by atoms with van der Waals surface area (Å²) in [6, 6.07) is 0.837. The van der Waals surface area contributed by atoms with Crippen molar-refractivity contribution in [1.29, 1.82) is 0 Å². The van der Waals surface area contributed by atoms with Crippen LogP contribution in [0.2, 0.25) is 0 Å². The second kappa shape index (κ2) is 5.58. The molecule has 3 rings (SSSR count). The number of carboxylic acids is 2. The lowest BCUT2D eigenvalue weighted by Gasteiger charge is -2.27. The monoisotopic (exact) mass is 284 g/mol. The molecule has 20 heavy (non-hydrogen) atoms. The van der Waals surface area contributed by atoms with E-state index in [1.807, 2.05) is 0 Å². The summed E-state index contributed by atoms with van der Waals surface area (Å²) in [5, 5.41) is 18.5. The number of fused-ring (bicyclic) bond motifs is 2. The van der Waals surface area contributed by atoms with Gasteiger partial charge in [0.05, 0.1) is 19.6 Å². The molecule has 2 bridgehead atoms. The van der Waals surface area contributed by atoms with Crippen LogP contribution in [0.15, 0.2) is 10.9 Å². The minimum absolute atomic E-state index is 0.837. The van der Waals surface area contributed by atoms with Crippen LogP contribution in [0.3, 0.4) is 0 Å². The molecule has 0 aliphatic carbocycles. The summed E-state index contributed by atoms with van der Waals surface area (Å²) in [5.41, 5.74) is 0. The zero-order valence-corrected chi connectivity index (χ0v) is 11.2. The fraction of sp³-hybridized carbons (Fsp3) is 0.667. The van der Waals surface area contributed by atoms with Gasteiger partial charge in [0.1, 0.15) is 0 Å². The molecular formula is C12H18N3O5+. The molecule has 2 fully saturated rings. The fourth-order valence-corrected chi connectivity index (χ4v) is 3.28. The summed E-state index contributed by atoms with van der Waals surface area (Å²) in [6.45, 7) is 5.92. The van der Waals surface area contributed by atoms with Crippen molar-refractivity contribution >= 4 is 18.0 Å². The van der Waals surface area contributed by atoms with E-state index in [2.05, 4.69) is 17.1 Å². The van der Waals surface area contributed by atoms with Crippen molar-refractivity contribution in [2.24, 2.45) is 11.8 Å². The highest BCUT2D eigenvalue weighted by Crippen LogP contribution is 2.43. The van der Waals surface area contributed by atoms with Gasteiger partial charge in [0.25, 0.3) is 0 Å². The number of hydrogen-bond acceptors (Lipinski definition) is 5. The largest absolute Gasteiger partial charge is 0.473 e. The first-order valence-corrected chi connectivity index (χ1v) is 6.58. The van der Waals surface area contributed by atoms with Crippen LogP contribution in [0.25, 0.3) is 0 Å². The van der Waals surface area contributed by atoms with Gasteiger partial charge in [-0.2, -0.15) is 0 Å². The molecule has 3 heterocycles. The van der Waals surface area contributed by atoms with Crippen molar-refractivity contribution in [2.45, 2.75) is 19.8 Å². The summed E-state index contributed by atoms with van der Waals surface area (Å²) in [7, 11) is 0. The molecule has 2 N–H and O–H groups in total. The Kier molecular flexibility index (Phi) is 4.03. The Morgan fingerprint density at radius 1 is 1.40 bits per heavy atom. The lowest BCUT2D eigenvalue weighted by Crippen LogP contribution is -2.46. The van der Waals surface area contributed by atoms with Gasteiger partial charge in [-0.3, -0.25) is 4.52 Å². The van der Waals surface area contributed by atoms with E-state index in [4.69, 9.17) is 24.3 Å². The second-order valence-electron chi connectivity index (χ2n) is 5.29. The molecule has 1 aromatic heterocycles. The van der Waals surface area contributed by atoms with Crippen LogP contribution in [-0.2, 0) is 9.59 Å². The summed E-state index contributed by atoms with van der Waals surface area (Å²) in [4.78, 5) is 22.4. The van der Waals surface area contributed by atoms with Gasteiger partial charge in [-0.25, -0.2) is 14.1 Å². The molecule has 3 unspecified atom stereocenters. The minimum Gasteiger partial charge on any atom is -0.473 e. The van der Waals surface area contributed by atoms with Gasteiger partial charge < -0.3 is 10.2 Å². The number of nitrogens with zero attached hydrogens (tertiary/aromatic N) is 3. The number of carbonyl (C=O) groups is 2. The van der Waals surface area contributed by atoms with E-state index in [-0.39, 0.29) is 0 Å². The van der Waals surface area contributed by atoms with E-state index in [0.717, 1.165) is 22.3 Å². The standard InChI is InChI=1S/C10H16N3O.C2H2O4/c1-2-8-5-13(4-3-9(8)6-13)10-11-7-12-14-10;3-1(4)2(5)6/h7-9H,2-6H2,1H3;(H,3,4)(H,5,6)/q+1;. The van der Waals surface area contributed by atoms with Crippen molar-refractivity contribution in [2.75, 3.05) is 19.6 Å². The molecule has 8 nitrogen and oxygen atoms in total. The van der Waals surface area contributed by atoms with Crippen molar-refractivity contribution in [3.8, 4) is 0 Å².